The average molecular weight is 236 g/mol. The molecule has 1 aromatic carbocycles. The summed E-state index contributed by atoms with van der Waals surface area (Å²) in [4.78, 5) is 11.9. The number of nitrogens with one attached hydrogen (secondary N) is 2. The van der Waals surface area contributed by atoms with E-state index in [0.717, 1.165) is 18.5 Å². The van der Waals surface area contributed by atoms with E-state index in [1.54, 1.807) is 12.1 Å². The smallest absolute Gasteiger partial charge is 0.224 e. The lowest BCUT2D eigenvalue weighted by molar-refractivity contribution is -0.125. The van der Waals surface area contributed by atoms with Crippen molar-refractivity contribution in [3.8, 4) is 0 Å². The Bertz CT molecular complexity index is 408. The van der Waals surface area contributed by atoms with Crippen LogP contribution in [0.5, 0.6) is 0 Å². The molecule has 1 fully saturated rings. The first-order valence-corrected chi connectivity index (χ1v) is 5.92. The third-order valence-corrected chi connectivity index (χ3v) is 3.22. The number of halogens is 1. The van der Waals surface area contributed by atoms with E-state index < -0.39 is 0 Å². The van der Waals surface area contributed by atoms with E-state index in [1.165, 1.54) is 12.1 Å². The van der Waals surface area contributed by atoms with Gasteiger partial charge in [0.2, 0.25) is 5.91 Å². The summed E-state index contributed by atoms with van der Waals surface area (Å²) in [6.07, 6.45) is 0.871. The van der Waals surface area contributed by atoms with Gasteiger partial charge < -0.3 is 10.6 Å². The summed E-state index contributed by atoms with van der Waals surface area (Å²) < 4.78 is 12.9. The fraction of sp³-hybridized carbons (Fsp3) is 0.462. The molecule has 0 bridgehead atoms. The van der Waals surface area contributed by atoms with Gasteiger partial charge in [-0.15, -0.1) is 0 Å². The van der Waals surface area contributed by atoms with E-state index in [2.05, 4.69) is 10.6 Å². The maximum Gasteiger partial charge on any atom is 0.224 e. The fourth-order valence-electron chi connectivity index (χ4n) is 2.18. The molecule has 1 amide bonds. The SMILES string of the molecule is C[C@@H]1NCC[C@@H]1C(=O)NCc1cccc(F)c1. The van der Waals surface area contributed by atoms with Crippen molar-refractivity contribution >= 4 is 5.91 Å². The van der Waals surface area contributed by atoms with E-state index in [9.17, 15) is 9.18 Å². The van der Waals surface area contributed by atoms with Crippen molar-refractivity contribution in [3.05, 3.63) is 35.6 Å². The van der Waals surface area contributed by atoms with Crippen LogP contribution in [0.3, 0.4) is 0 Å². The van der Waals surface area contributed by atoms with Crippen molar-refractivity contribution in [2.45, 2.75) is 25.9 Å². The minimum Gasteiger partial charge on any atom is -0.352 e. The third kappa shape index (κ3) is 3.03. The van der Waals surface area contributed by atoms with Gasteiger partial charge in [0.1, 0.15) is 5.82 Å². The quantitative estimate of drug-likeness (QED) is 0.833. The number of carbonyl (C=O) groups is 1. The van der Waals surface area contributed by atoms with E-state index >= 15 is 0 Å². The largest absolute Gasteiger partial charge is 0.352 e. The molecule has 92 valence electrons. The number of carbonyl (C=O) groups excluding carboxylic acids is 1. The Morgan fingerprint density at radius 1 is 1.59 bits per heavy atom. The van der Waals surface area contributed by atoms with Gasteiger partial charge in [-0.3, -0.25) is 4.79 Å². The second-order valence-corrected chi connectivity index (χ2v) is 4.49. The Labute approximate surface area is 100 Å². The topological polar surface area (TPSA) is 41.1 Å². The Balaban J connectivity index is 1.88. The first-order chi connectivity index (χ1) is 8.16. The van der Waals surface area contributed by atoms with Crippen LogP contribution in [0.1, 0.15) is 18.9 Å². The molecule has 0 radical (unpaired) electrons. The van der Waals surface area contributed by atoms with E-state index in [0.29, 0.717) is 6.54 Å². The van der Waals surface area contributed by atoms with Gasteiger partial charge in [0.05, 0.1) is 5.92 Å². The van der Waals surface area contributed by atoms with Crippen LogP contribution in [-0.4, -0.2) is 18.5 Å². The van der Waals surface area contributed by atoms with Crippen LogP contribution in [0.25, 0.3) is 0 Å². The zero-order valence-electron chi connectivity index (χ0n) is 9.87. The number of amides is 1. The van der Waals surface area contributed by atoms with Crippen molar-refractivity contribution in [2.24, 2.45) is 5.92 Å². The van der Waals surface area contributed by atoms with Crippen molar-refractivity contribution in [3.63, 3.8) is 0 Å². The number of hydrogen-bond acceptors (Lipinski definition) is 2. The molecular weight excluding hydrogens is 219 g/mol. The van der Waals surface area contributed by atoms with Gasteiger partial charge in [0.15, 0.2) is 0 Å². The molecule has 1 aliphatic rings. The molecule has 3 nitrogen and oxygen atoms in total. The second-order valence-electron chi connectivity index (χ2n) is 4.49. The van der Waals surface area contributed by atoms with Crippen molar-refractivity contribution in [2.75, 3.05) is 6.54 Å². The highest BCUT2D eigenvalue weighted by Gasteiger charge is 2.28. The Kier molecular flexibility index (Phi) is 3.74. The Hall–Kier alpha value is -1.42. The van der Waals surface area contributed by atoms with Gasteiger partial charge in [-0.05, 0) is 37.6 Å². The fourth-order valence-corrected chi connectivity index (χ4v) is 2.18. The summed E-state index contributed by atoms with van der Waals surface area (Å²) in [5, 5.41) is 6.09. The number of rotatable bonds is 3. The maximum absolute atomic E-state index is 12.9. The molecule has 1 aromatic rings. The molecule has 1 aliphatic heterocycles. The van der Waals surface area contributed by atoms with E-state index in [1.807, 2.05) is 6.92 Å². The van der Waals surface area contributed by atoms with Gasteiger partial charge in [-0.25, -0.2) is 4.39 Å². The van der Waals surface area contributed by atoms with Crippen LogP contribution >= 0.6 is 0 Å². The van der Waals surface area contributed by atoms with E-state index in [4.69, 9.17) is 0 Å². The lowest BCUT2D eigenvalue weighted by Crippen LogP contribution is -2.36. The summed E-state index contributed by atoms with van der Waals surface area (Å²) in [5.74, 6) is -0.192. The molecule has 0 aliphatic carbocycles. The first-order valence-electron chi connectivity index (χ1n) is 5.92. The summed E-state index contributed by atoms with van der Waals surface area (Å²) in [6, 6.07) is 6.52. The highest BCUT2D eigenvalue weighted by Crippen LogP contribution is 2.15. The highest BCUT2D eigenvalue weighted by atomic mass is 19.1. The minimum absolute atomic E-state index is 0.0311. The standard InChI is InChI=1S/C13H17FN2O/c1-9-12(5-6-15-9)13(17)16-8-10-3-2-4-11(14)7-10/h2-4,7,9,12,15H,5-6,8H2,1H3,(H,16,17)/t9-,12-/m0/s1. The molecule has 0 saturated carbocycles. The average Bonchev–Trinajstić information content (AvgIpc) is 2.72. The molecule has 1 saturated heterocycles. The minimum atomic E-state index is -0.271. The number of benzene rings is 1. The molecule has 0 unspecified atom stereocenters. The zero-order chi connectivity index (χ0) is 12.3. The van der Waals surface area contributed by atoms with Crippen LogP contribution in [0.15, 0.2) is 24.3 Å². The van der Waals surface area contributed by atoms with Crippen molar-refractivity contribution in [1.29, 1.82) is 0 Å². The third-order valence-electron chi connectivity index (χ3n) is 3.22. The van der Waals surface area contributed by atoms with Crippen LogP contribution in [-0.2, 0) is 11.3 Å². The van der Waals surface area contributed by atoms with Gasteiger partial charge in [0.25, 0.3) is 0 Å². The predicted octanol–water partition coefficient (Wildman–Crippen LogP) is 1.44. The zero-order valence-corrected chi connectivity index (χ0v) is 9.87. The maximum atomic E-state index is 12.9. The summed E-state index contributed by atoms with van der Waals surface area (Å²) >= 11 is 0. The molecule has 4 heteroatoms. The van der Waals surface area contributed by atoms with Crippen LogP contribution in [0, 0.1) is 11.7 Å². The molecule has 2 N–H and O–H groups in total. The molecule has 2 atom stereocenters. The van der Waals surface area contributed by atoms with Crippen molar-refractivity contribution < 1.29 is 9.18 Å². The van der Waals surface area contributed by atoms with Gasteiger partial charge in [0, 0.05) is 12.6 Å². The lowest BCUT2D eigenvalue weighted by Gasteiger charge is -2.14. The molecule has 0 aromatic heterocycles. The van der Waals surface area contributed by atoms with Gasteiger partial charge >= 0.3 is 0 Å². The monoisotopic (exact) mass is 236 g/mol. The molecule has 1 heterocycles. The number of hydrogen-bond donors (Lipinski definition) is 2. The molecular formula is C13H17FN2O. The predicted molar refractivity (Wildman–Crippen MR) is 63.8 cm³/mol. The molecule has 17 heavy (non-hydrogen) atoms. The first kappa shape index (κ1) is 12.0. The Morgan fingerprint density at radius 3 is 3.06 bits per heavy atom. The van der Waals surface area contributed by atoms with Crippen molar-refractivity contribution in [1.82, 2.24) is 10.6 Å². The normalized spacial score (nSPS) is 23.6. The van der Waals surface area contributed by atoms with Crippen LogP contribution in [0.2, 0.25) is 0 Å². The van der Waals surface area contributed by atoms with Crippen LogP contribution in [0.4, 0.5) is 4.39 Å². The summed E-state index contributed by atoms with van der Waals surface area (Å²) in [5.41, 5.74) is 0.789. The van der Waals surface area contributed by atoms with E-state index in [-0.39, 0.29) is 23.7 Å². The second kappa shape index (κ2) is 5.27. The van der Waals surface area contributed by atoms with Gasteiger partial charge in [-0.1, -0.05) is 12.1 Å². The highest BCUT2D eigenvalue weighted by molar-refractivity contribution is 5.79. The van der Waals surface area contributed by atoms with Gasteiger partial charge in [-0.2, -0.15) is 0 Å². The van der Waals surface area contributed by atoms with Crippen LogP contribution < -0.4 is 10.6 Å². The lowest BCUT2D eigenvalue weighted by atomic mass is 10.0. The molecule has 2 rings (SSSR count). The summed E-state index contributed by atoms with van der Waals surface area (Å²) in [6.45, 7) is 3.29. The molecule has 0 spiro atoms. The summed E-state index contributed by atoms with van der Waals surface area (Å²) in [7, 11) is 0. The Morgan fingerprint density at radius 2 is 2.41 bits per heavy atom.